The van der Waals surface area contributed by atoms with E-state index >= 15 is 0 Å². The number of thiazole rings is 1. The highest BCUT2D eigenvalue weighted by Gasteiger charge is 2.14. The van der Waals surface area contributed by atoms with E-state index in [-0.39, 0.29) is 12.5 Å². The van der Waals surface area contributed by atoms with Crippen LogP contribution in [-0.4, -0.2) is 17.5 Å². The molecule has 2 aromatic carbocycles. The predicted molar refractivity (Wildman–Crippen MR) is 115 cm³/mol. The Hall–Kier alpha value is -2.18. The summed E-state index contributed by atoms with van der Waals surface area (Å²) in [5.74, 6) is 0.517. The van der Waals surface area contributed by atoms with Crippen LogP contribution in [0.4, 0.5) is 5.13 Å². The number of aryl methyl sites for hydroxylation is 2. The minimum atomic E-state index is -0.213. The largest absolute Gasteiger partial charge is 0.483 e. The van der Waals surface area contributed by atoms with Crippen LogP contribution in [0, 0.1) is 13.8 Å². The maximum absolute atomic E-state index is 12.3. The number of carbonyl (C=O) groups is 1. The molecule has 0 atom stereocenters. The molecule has 3 aromatic rings. The summed E-state index contributed by atoms with van der Waals surface area (Å²) >= 11 is 4.95. The van der Waals surface area contributed by atoms with Gasteiger partial charge in [-0.3, -0.25) is 10.1 Å². The van der Waals surface area contributed by atoms with Crippen LogP contribution in [0.15, 0.2) is 46.9 Å². The molecule has 27 heavy (non-hydrogen) atoms. The van der Waals surface area contributed by atoms with Gasteiger partial charge in [-0.25, -0.2) is 4.98 Å². The first kappa shape index (κ1) is 19.6. The fourth-order valence-electron chi connectivity index (χ4n) is 2.66. The van der Waals surface area contributed by atoms with E-state index in [4.69, 9.17) is 4.74 Å². The topological polar surface area (TPSA) is 51.2 Å². The van der Waals surface area contributed by atoms with E-state index in [1.54, 1.807) is 0 Å². The zero-order chi connectivity index (χ0) is 19.4. The number of halogens is 1. The molecule has 0 radical (unpaired) electrons. The first-order chi connectivity index (χ1) is 13.0. The van der Waals surface area contributed by atoms with E-state index in [2.05, 4.69) is 33.2 Å². The van der Waals surface area contributed by atoms with Gasteiger partial charge >= 0.3 is 0 Å². The maximum Gasteiger partial charge on any atom is 0.264 e. The summed E-state index contributed by atoms with van der Waals surface area (Å²) in [4.78, 5) is 18.1. The van der Waals surface area contributed by atoms with Crippen molar-refractivity contribution in [3.8, 4) is 17.0 Å². The molecule has 4 nitrogen and oxygen atoms in total. The van der Waals surface area contributed by atoms with Crippen molar-refractivity contribution in [2.45, 2.75) is 27.2 Å². The lowest BCUT2D eigenvalue weighted by Gasteiger charge is -2.10. The summed E-state index contributed by atoms with van der Waals surface area (Å²) < 4.78 is 6.70. The first-order valence-corrected chi connectivity index (χ1v) is 10.3. The number of hydrogen-bond donors (Lipinski definition) is 1. The number of aromatic nitrogens is 1. The molecule has 0 saturated heterocycles. The molecule has 0 aliphatic heterocycles. The van der Waals surface area contributed by atoms with Crippen LogP contribution in [0.25, 0.3) is 11.3 Å². The molecule has 1 aromatic heterocycles. The van der Waals surface area contributed by atoms with Crippen LogP contribution in [-0.2, 0) is 11.2 Å². The van der Waals surface area contributed by atoms with Crippen LogP contribution in [0.5, 0.6) is 5.75 Å². The molecular weight excluding hydrogens is 424 g/mol. The average molecular weight is 445 g/mol. The average Bonchev–Trinajstić information content (AvgIpc) is 3.06. The normalized spacial score (nSPS) is 10.7. The summed E-state index contributed by atoms with van der Waals surface area (Å²) in [5.41, 5.74) is 4.14. The molecule has 0 aliphatic rings. The SMILES string of the molecule is CCc1sc(NC(=O)COc2cccc(C)c2C)nc1-c1ccc(Br)cc1. The molecule has 0 spiro atoms. The maximum atomic E-state index is 12.3. The van der Waals surface area contributed by atoms with Gasteiger partial charge in [-0.15, -0.1) is 11.3 Å². The Morgan fingerprint density at radius 2 is 1.93 bits per heavy atom. The highest BCUT2D eigenvalue weighted by molar-refractivity contribution is 9.10. The van der Waals surface area contributed by atoms with Gasteiger partial charge in [0.2, 0.25) is 0 Å². The Morgan fingerprint density at radius 1 is 1.19 bits per heavy atom. The van der Waals surface area contributed by atoms with Crippen molar-refractivity contribution in [1.82, 2.24) is 4.98 Å². The van der Waals surface area contributed by atoms with E-state index in [1.807, 2.05) is 56.3 Å². The molecule has 1 N–H and O–H groups in total. The number of carbonyl (C=O) groups excluding carboxylic acids is 1. The molecule has 1 heterocycles. The summed E-state index contributed by atoms with van der Waals surface area (Å²) in [6, 6.07) is 13.8. The molecule has 6 heteroatoms. The van der Waals surface area contributed by atoms with Gasteiger partial charge in [-0.2, -0.15) is 0 Å². The third-order valence-electron chi connectivity index (χ3n) is 4.30. The molecule has 0 aliphatic carbocycles. The fraction of sp³-hybridized carbons (Fsp3) is 0.238. The summed E-state index contributed by atoms with van der Waals surface area (Å²) in [7, 11) is 0. The van der Waals surface area contributed by atoms with E-state index in [1.165, 1.54) is 11.3 Å². The van der Waals surface area contributed by atoms with E-state index in [9.17, 15) is 4.79 Å². The summed E-state index contributed by atoms with van der Waals surface area (Å²) in [5, 5.41) is 3.45. The molecule has 1 amide bonds. The van der Waals surface area contributed by atoms with Crippen molar-refractivity contribution in [2.75, 3.05) is 11.9 Å². The van der Waals surface area contributed by atoms with Crippen molar-refractivity contribution >= 4 is 38.3 Å². The second-order valence-corrected chi connectivity index (χ2v) is 8.19. The number of nitrogens with one attached hydrogen (secondary N) is 1. The van der Waals surface area contributed by atoms with Crippen molar-refractivity contribution in [3.05, 3.63) is 62.9 Å². The monoisotopic (exact) mass is 444 g/mol. The number of amides is 1. The van der Waals surface area contributed by atoms with Gasteiger partial charge in [0.05, 0.1) is 5.69 Å². The number of benzene rings is 2. The highest BCUT2D eigenvalue weighted by Crippen LogP contribution is 2.32. The number of ether oxygens (including phenoxy) is 1. The standard InChI is InChI=1S/C21H21BrN2O2S/c1-4-18-20(15-8-10-16(22)11-9-15)24-21(27-18)23-19(25)12-26-17-7-5-6-13(2)14(17)3/h5-11H,4,12H2,1-3H3,(H,23,24,25). The van der Waals surface area contributed by atoms with Gasteiger partial charge in [-0.1, -0.05) is 47.1 Å². The van der Waals surface area contributed by atoms with Crippen LogP contribution < -0.4 is 10.1 Å². The fourth-order valence-corrected chi connectivity index (χ4v) is 3.86. The third kappa shape index (κ3) is 4.76. The van der Waals surface area contributed by atoms with Gasteiger partial charge < -0.3 is 4.74 Å². The van der Waals surface area contributed by atoms with Gasteiger partial charge in [0, 0.05) is 14.9 Å². The van der Waals surface area contributed by atoms with Gasteiger partial charge in [0.25, 0.3) is 5.91 Å². The zero-order valence-electron chi connectivity index (χ0n) is 15.5. The van der Waals surface area contributed by atoms with Crippen LogP contribution in [0.1, 0.15) is 22.9 Å². The van der Waals surface area contributed by atoms with Gasteiger partial charge in [-0.05, 0) is 49.6 Å². The van der Waals surface area contributed by atoms with Crippen molar-refractivity contribution in [3.63, 3.8) is 0 Å². The highest BCUT2D eigenvalue weighted by atomic mass is 79.9. The second-order valence-electron chi connectivity index (χ2n) is 6.19. The van der Waals surface area contributed by atoms with Crippen molar-refractivity contribution in [2.24, 2.45) is 0 Å². The Balaban J connectivity index is 1.69. The summed E-state index contributed by atoms with van der Waals surface area (Å²) in [6.45, 7) is 6.05. The number of rotatable bonds is 6. The molecule has 0 saturated carbocycles. The van der Waals surface area contributed by atoms with Crippen LogP contribution in [0.3, 0.4) is 0 Å². The first-order valence-electron chi connectivity index (χ1n) is 8.72. The smallest absolute Gasteiger partial charge is 0.264 e. The van der Waals surface area contributed by atoms with Gasteiger partial charge in [0.1, 0.15) is 5.75 Å². The molecule has 0 bridgehead atoms. The zero-order valence-corrected chi connectivity index (χ0v) is 17.9. The van der Waals surface area contributed by atoms with Crippen LogP contribution in [0.2, 0.25) is 0 Å². The predicted octanol–water partition coefficient (Wildman–Crippen LogP) is 5.77. The molecular formula is C21H21BrN2O2S. The van der Waals surface area contributed by atoms with E-state index in [0.717, 1.165) is 43.9 Å². The Labute approximate surface area is 171 Å². The van der Waals surface area contributed by atoms with Crippen molar-refractivity contribution in [1.29, 1.82) is 0 Å². The molecule has 0 unspecified atom stereocenters. The molecule has 3 rings (SSSR count). The number of anilines is 1. The minimum Gasteiger partial charge on any atom is -0.483 e. The molecule has 0 fully saturated rings. The lowest BCUT2D eigenvalue weighted by molar-refractivity contribution is -0.118. The van der Waals surface area contributed by atoms with Crippen LogP contribution >= 0.6 is 27.3 Å². The lowest BCUT2D eigenvalue weighted by atomic mass is 10.1. The Kier molecular flexibility index (Phi) is 6.29. The minimum absolute atomic E-state index is 0.0427. The van der Waals surface area contributed by atoms with Crippen molar-refractivity contribution < 1.29 is 9.53 Å². The number of hydrogen-bond acceptors (Lipinski definition) is 4. The molecule has 140 valence electrons. The lowest BCUT2D eigenvalue weighted by Crippen LogP contribution is -2.20. The second kappa shape index (κ2) is 8.67. The Morgan fingerprint density at radius 3 is 2.63 bits per heavy atom. The quantitative estimate of drug-likeness (QED) is 0.524. The van der Waals surface area contributed by atoms with Gasteiger partial charge in [0.15, 0.2) is 11.7 Å². The number of nitrogens with zero attached hydrogens (tertiary/aromatic N) is 1. The summed E-state index contributed by atoms with van der Waals surface area (Å²) in [6.07, 6.45) is 0.859. The third-order valence-corrected chi connectivity index (χ3v) is 5.94. The van der Waals surface area contributed by atoms with E-state index < -0.39 is 0 Å². The van der Waals surface area contributed by atoms with E-state index in [0.29, 0.717) is 5.13 Å². The Bertz CT molecular complexity index is 951.